The van der Waals surface area contributed by atoms with Gasteiger partial charge in [-0.15, -0.1) is 0 Å². The first-order valence-corrected chi connectivity index (χ1v) is 12.8. The van der Waals surface area contributed by atoms with Crippen molar-refractivity contribution in [2.45, 2.75) is 113 Å². The fourth-order valence-corrected chi connectivity index (χ4v) is 9.59. The summed E-state index contributed by atoms with van der Waals surface area (Å²) in [4.78, 5) is 12.5. The van der Waals surface area contributed by atoms with E-state index in [9.17, 15) is 4.79 Å². The van der Waals surface area contributed by atoms with Crippen molar-refractivity contribution in [3.05, 3.63) is 11.6 Å². The van der Waals surface area contributed by atoms with Crippen molar-refractivity contribution in [3.63, 3.8) is 0 Å². The van der Waals surface area contributed by atoms with Crippen LogP contribution in [0.5, 0.6) is 0 Å². The molecule has 0 amide bonds. The highest BCUT2D eigenvalue weighted by molar-refractivity contribution is 5.82. The molecule has 29 heavy (non-hydrogen) atoms. The number of ketones is 1. The van der Waals surface area contributed by atoms with Gasteiger partial charge in [-0.2, -0.15) is 0 Å². The van der Waals surface area contributed by atoms with Crippen molar-refractivity contribution in [1.82, 2.24) is 0 Å². The van der Waals surface area contributed by atoms with Crippen molar-refractivity contribution >= 4 is 5.78 Å². The molecule has 1 heteroatoms. The van der Waals surface area contributed by atoms with E-state index in [1.165, 1.54) is 51.4 Å². The third-order valence-electron chi connectivity index (χ3n) is 11.5. The summed E-state index contributed by atoms with van der Waals surface area (Å²) >= 11 is 0. The van der Waals surface area contributed by atoms with Crippen molar-refractivity contribution in [3.8, 4) is 0 Å². The van der Waals surface area contributed by atoms with Crippen LogP contribution in [0.3, 0.4) is 0 Å². The molecular formula is C28H46O. The monoisotopic (exact) mass is 398 g/mol. The van der Waals surface area contributed by atoms with Crippen LogP contribution in [0.25, 0.3) is 0 Å². The van der Waals surface area contributed by atoms with Gasteiger partial charge in [0.1, 0.15) is 5.78 Å². The largest absolute Gasteiger partial charge is 0.299 e. The molecule has 3 fully saturated rings. The van der Waals surface area contributed by atoms with E-state index in [0.29, 0.717) is 33.4 Å². The fraction of sp³-hybridized carbons (Fsp3) is 0.893. The molecule has 0 radical (unpaired) electrons. The van der Waals surface area contributed by atoms with Gasteiger partial charge in [-0.1, -0.05) is 66.5 Å². The molecule has 0 aromatic rings. The maximum absolute atomic E-state index is 12.5. The van der Waals surface area contributed by atoms with E-state index in [2.05, 4.69) is 54.5 Å². The van der Waals surface area contributed by atoms with E-state index in [-0.39, 0.29) is 5.92 Å². The first kappa shape index (κ1) is 21.6. The standard InChI is InChI=1S/C28H46O/c1-8-14-25(4)17-18-27(6)22(20(25)9-2)10-11-24-26(5)15-13-23(29)19(3)21(26)12-16-28(24,27)7/h10,19-21,24H,8-9,11-18H2,1-7H3/t19-,20?,21?,24?,25?,26?,27?,28?/m1/s1. The Bertz CT molecular complexity index is 705. The smallest absolute Gasteiger partial charge is 0.136 e. The summed E-state index contributed by atoms with van der Waals surface area (Å²) in [6.07, 6.45) is 15.3. The summed E-state index contributed by atoms with van der Waals surface area (Å²) < 4.78 is 0. The van der Waals surface area contributed by atoms with Gasteiger partial charge in [0, 0.05) is 12.3 Å². The summed E-state index contributed by atoms with van der Waals surface area (Å²) in [6.45, 7) is 17.5. The second kappa shape index (κ2) is 6.96. The Hall–Kier alpha value is -0.590. The molecule has 0 aliphatic heterocycles. The average molecular weight is 399 g/mol. The van der Waals surface area contributed by atoms with Gasteiger partial charge in [0.05, 0.1) is 0 Å². The van der Waals surface area contributed by atoms with E-state index in [0.717, 1.165) is 24.7 Å². The quantitative estimate of drug-likeness (QED) is 0.440. The van der Waals surface area contributed by atoms with Gasteiger partial charge < -0.3 is 0 Å². The lowest BCUT2D eigenvalue weighted by atomic mass is 9.35. The van der Waals surface area contributed by atoms with E-state index >= 15 is 0 Å². The van der Waals surface area contributed by atoms with Gasteiger partial charge in [-0.3, -0.25) is 4.79 Å². The van der Waals surface area contributed by atoms with E-state index in [4.69, 9.17) is 0 Å². The zero-order valence-corrected chi connectivity index (χ0v) is 20.4. The number of hydrogen-bond acceptors (Lipinski definition) is 1. The van der Waals surface area contributed by atoms with Gasteiger partial charge in [-0.25, -0.2) is 0 Å². The Morgan fingerprint density at radius 1 is 1.03 bits per heavy atom. The Morgan fingerprint density at radius 3 is 2.41 bits per heavy atom. The fourth-order valence-electron chi connectivity index (χ4n) is 9.59. The number of carbonyl (C=O) groups is 1. The number of rotatable bonds is 3. The molecule has 0 bridgehead atoms. The molecule has 4 rings (SSSR count). The molecule has 1 nitrogen and oxygen atoms in total. The summed E-state index contributed by atoms with van der Waals surface area (Å²) in [5.74, 6) is 2.92. The normalized spacial score (nSPS) is 52.2. The van der Waals surface area contributed by atoms with E-state index in [1.54, 1.807) is 0 Å². The third-order valence-corrected chi connectivity index (χ3v) is 11.5. The summed E-state index contributed by atoms with van der Waals surface area (Å²) in [5.41, 5.74) is 3.41. The van der Waals surface area contributed by atoms with Crippen molar-refractivity contribution < 1.29 is 4.79 Å². The number of allylic oxidation sites excluding steroid dienone is 2. The Balaban J connectivity index is 1.76. The molecule has 4 aliphatic rings. The second-order valence-corrected chi connectivity index (χ2v) is 12.5. The lowest BCUT2D eigenvalue weighted by Crippen LogP contribution is -2.62. The molecule has 0 aromatic carbocycles. The van der Waals surface area contributed by atoms with Crippen molar-refractivity contribution in [1.29, 1.82) is 0 Å². The first-order valence-electron chi connectivity index (χ1n) is 12.8. The minimum atomic E-state index is 0.277. The molecule has 0 N–H and O–H groups in total. The van der Waals surface area contributed by atoms with Crippen LogP contribution in [-0.2, 0) is 4.79 Å². The van der Waals surface area contributed by atoms with E-state index < -0.39 is 0 Å². The highest BCUT2D eigenvalue weighted by Crippen LogP contribution is 2.73. The molecule has 8 atom stereocenters. The van der Waals surface area contributed by atoms with Crippen LogP contribution in [-0.4, -0.2) is 5.78 Å². The molecule has 3 saturated carbocycles. The maximum Gasteiger partial charge on any atom is 0.136 e. The van der Waals surface area contributed by atoms with Crippen LogP contribution in [0.2, 0.25) is 0 Å². The maximum atomic E-state index is 12.5. The first-order chi connectivity index (χ1) is 13.6. The van der Waals surface area contributed by atoms with Crippen LogP contribution in [0.4, 0.5) is 0 Å². The summed E-state index contributed by atoms with van der Waals surface area (Å²) in [5, 5.41) is 0. The minimum Gasteiger partial charge on any atom is -0.299 e. The van der Waals surface area contributed by atoms with Gasteiger partial charge in [0.15, 0.2) is 0 Å². The SMILES string of the molecule is CCCC1(C)CCC2(C)C(=CCC3C4(C)CCC(=O)[C@H](C)C4CCC32C)C1CC. The topological polar surface area (TPSA) is 17.1 Å². The third kappa shape index (κ3) is 2.74. The minimum absolute atomic E-state index is 0.277. The van der Waals surface area contributed by atoms with Crippen LogP contribution in [0.1, 0.15) is 113 Å². The molecule has 0 spiro atoms. The van der Waals surface area contributed by atoms with Crippen LogP contribution < -0.4 is 0 Å². The predicted molar refractivity (Wildman–Crippen MR) is 123 cm³/mol. The average Bonchev–Trinajstić information content (AvgIpc) is 2.67. The number of Topliss-reactive ketones (excluding diaryl/α,β-unsaturated/α-hetero) is 1. The molecule has 0 aromatic heterocycles. The van der Waals surface area contributed by atoms with Crippen LogP contribution in [0, 0.1) is 45.3 Å². The number of carbonyl (C=O) groups excluding carboxylic acids is 1. The summed E-state index contributed by atoms with van der Waals surface area (Å²) in [6, 6.07) is 0. The Morgan fingerprint density at radius 2 is 1.76 bits per heavy atom. The van der Waals surface area contributed by atoms with Crippen LogP contribution in [0.15, 0.2) is 11.6 Å². The summed E-state index contributed by atoms with van der Waals surface area (Å²) in [7, 11) is 0. The number of hydrogen-bond donors (Lipinski definition) is 0. The van der Waals surface area contributed by atoms with E-state index in [1.807, 2.05) is 5.57 Å². The molecule has 0 saturated heterocycles. The zero-order valence-electron chi connectivity index (χ0n) is 20.4. The molecular weight excluding hydrogens is 352 g/mol. The Kier molecular flexibility index (Phi) is 5.19. The highest BCUT2D eigenvalue weighted by atomic mass is 16.1. The lowest BCUT2D eigenvalue weighted by molar-refractivity contribution is -0.168. The van der Waals surface area contributed by atoms with Crippen molar-refractivity contribution in [2.75, 3.05) is 0 Å². The molecule has 0 heterocycles. The van der Waals surface area contributed by atoms with Crippen LogP contribution >= 0.6 is 0 Å². The van der Waals surface area contributed by atoms with Gasteiger partial charge in [-0.05, 0) is 90.8 Å². The lowest BCUT2D eigenvalue weighted by Gasteiger charge is -2.69. The zero-order chi connectivity index (χ0) is 21.2. The predicted octanol–water partition coefficient (Wildman–Crippen LogP) is 7.99. The molecule has 4 aliphatic carbocycles. The molecule has 7 unspecified atom stereocenters. The number of fused-ring (bicyclic) bond motifs is 5. The molecule has 164 valence electrons. The second-order valence-electron chi connectivity index (χ2n) is 12.5. The van der Waals surface area contributed by atoms with Gasteiger partial charge in [0.25, 0.3) is 0 Å². The highest BCUT2D eigenvalue weighted by Gasteiger charge is 2.65. The van der Waals surface area contributed by atoms with Gasteiger partial charge >= 0.3 is 0 Å². The van der Waals surface area contributed by atoms with Crippen molar-refractivity contribution in [2.24, 2.45) is 45.3 Å². The Labute approximate surface area is 180 Å². The van der Waals surface area contributed by atoms with Gasteiger partial charge in [0.2, 0.25) is 0 Å².